The van der Waals surface area contributed by atoms with Crippen LogP contribution in [0.2, 0.25) is 5.02 Å². The zero-order valence-electron chi connectivity index (χ0n) is 19.8. The van der Waals surface area contributed by atoms with E-state index in [1.807, 2.05) is 52.0 Å². The highest BCUT2D eigenvalue weighted by atomic mass is 35.5. The van der Waals surface area contributed by atoms with E-state index in [4.69, 9.17) is 11.6 Å². The monoisotopic (exact) mass is 467 g/mol. The Morgan fingerprint density at radius 3 is 2.36 bits per heavy atom. The predicted molar refractivity (Wildman–Crippen MR) is 132 cm³/mol. The summed E-state index contributed by atoms with van der Waals surface area (Å²) in [6.07, 6.45) is 0.206. The number of likely N-dealkylation sites (N-methyl/N-ethyl adjacent to an activating group) is 1. The molecule has 0 unspecified atom stereocenters. The van der Waals surface area contributed by atoms with Gasteiger partial charge in [0.15, 0.2) is 0 Å². The molecule has 33 heavy (non-hydrogen) atoms. The second-order valence-electron chi connectivity index (χ2n) is 8.69. The Hall–Kier alpha value is -2.97. The molecule has 0 saturated carbocycles. The summed E-state index contributed by atoms with van der Waals surface area (Å²) in [7, 11) is 2.12. The van der Waals surface area contributed by atoms with Crippen LogP contribution in [0.5, 0.6) is 0 Å². The molecule has 2 aromatic heterocycles. The first-order chi connectivity index (χ1) is 15.7. The van der Waals surface area contributed by atoms with Crippen molar-refractivity contribution in [2.75, 3.05) is 43.4 Å². The summed E-state index contributed by atoms with van der Waals surface area (Å²) in [5.41, 5.74) is 6.00. The fraction of sp³-hybridized carbons (Fsp3) is 0.417. The van der Waals surface area contributed by atoms with Crippen LogP contribution >= 0.6 is 11.6 Å². The van der Waals surface area contributed by atoms with E-state index in [0.29, 0.717) is 11.0 Å². The number of aryl methyl sites for hydroxylation is 3. The average Bonchev–Trinajstić information content (AvgIpc) is 3.02. The quantitative estimate of drug-likeness (QED) is 0.618. The predicted octanol–water partition coefficient (Wildman–Crippen LogP) is 3.48. The van der Waals surface area contributed by atoms with Gasteiger partial charge in [-0.2, -0.15) is 5.10 Å². The third kappa shape index (κ3) is 5.17. The van der Waals surface area contributed by atoms with E-state index in [1.54, 1.807) is 4.68 Å². The van der Waals surface area contributed by atoms with Crippen LogP contribution in [0.3, 0.4) is 0 Å². The first kappa shape index (κ1) is 23.2. The molecule has 9 heteroatoms. The number of carbonyl (C=O) groups excluding carboxylic acids is 1. The maximum Gasteiger partial charge on any atom is 0.251 e. The molecule has 0 radical (unpaired) electrons. The van der Waals surface area contributed by atoms with Gasteiger partial charge in [0, 0.05) is 53.8 Å². The van der Waals surface area contributed by atoms with Gasteiger partial charge in [0.2, 0.25) is 5.91 Å². The number of benzene rings is 1. The Kier molecular flexibility index (Phi) is 6.67. The minimum absolute atomic E-state index is 0.111. The number of carbonyl (C=O) groups is 1. The third-order valence-corrected chi connectivity index (χ3v) is 6.25. The van der Waals surface area contributed by atoms with Crippen LogP contribution in [0, 0.1) is 27.7 Å². The summed E-state index contributed by atoms with van der Waals surface area (Å²) in [6.45, 7) is 11.5. The van der Waals surface area contributed by atoms with Crippen molar-refractivity contribution in [3.8, 4) is 5.95 Å². The fourth-order valence-corrected chi connectivity index (χ4v) is 4.39. The molecule has 3 heterocycles. The van der Waals surface area contributed by atoms with Gasteiger partial charge < -0.3 is 15.1 Å². The zero-order chi connectivity index (χ0) is 23.7. The van der Waals surface area contributed by atoms with E-state index in [1.165, 1.54) is 0 Å². The Morgan fingerprint density at radius 1 is 1.03 bits per heavy atom. The molecule has 0 aliphatic carbocycles. The lowest BCUT2D eigenvalue weighted by Crippen LogP contribution is -2.44. The second-order valence-corrected chi connectivity index (χ2v) is 9.13. The van der Waals surface area contributed by atoms with Crippen LogP contribution in [-0.4, -0.2) is 63.8 Å². The average molecular weight is 468 g/mol. The molecule has 0 bridgehead atoms. The lowest BCUT2D eigenvalue weighted by atomic mass is 10.1. The van der Waals surface area contributed by atoms with Crippen LogP contribution in [0.1, 0.15) is 28.3 Å². The lowest BCUT2D eigenvalue weighted by molar-refractivity contribution is -0.115. The number of anilines is 2. The molecule has 1 N–H and O–H groups in total. The second kappa shape index (κ2) is 9.49. The van der Waals surface area contributed by atoms with Gasteiger partial charge in [-0.3, -0.25) is 4.79 Å². The van der Waals surface area contributed by atoms with Crippen molar-refractivity contribution in [2.45, 2.75) is 34.1 Å². The zero-order valence-corrected chi connectivity index (χ0v) is 20.6. The minimum Gasteiger partial charge on any atom is -0.367 e. The summed E-state index contributed by atoms with van der Waals surface area (Å²) in [4.78, 5) is 26.7. The highest BCUT2D eigenvalue weighted by Crippen LogP contribution is 2.30. The van der Waals surface area contributed by atoms with Gasteiger partial charge >= 0.3 is 0 Å². The summed E-state index contributed by atoms with van der Waals surface area (Å²) < 4.78 is 1.72. The topological polar surface area (TPSA) is 79.2 Å². The van der Waals surface area contributed by atoms with Crippen molar-refractivity contribution in [1.82, 2.24) is 24.6 Å². The van der Waals surface area contributed by atoms with E-state index in [-0.39, 0.29) is 12.3 Å². The summed E-state index contributed by atoms with van der Waals surface area (Å²) in [5.74, 6) is 0.409. The van der Waals surface area contributed by atoms with Crippen LogP contribution < -0.4 is 10.2 Å². The number of halogens is 1. The lowest BCUT2D eigenvalue weighted by Gasteiger charge is -2.35. The van der Waals surface area contributed by atoms with Crippen molar-refractivity contribution in [1.29, 1.82) is 0 Å². The van der Waals surface area contributed by atoms with Crippen molar-refractivity contribution in [3.63, 3.8) is 0 Å². The highest BCUT2D eigenvalue weighted by Gasteiger charge is 2.21. The largest absolute Gasteiger partial charge is 0.367 e. The van der Waals surface area contributed by atoms with Crippen LogP contribution in [0.4, 0.5) is 11.4 Å². The van der Waals surface area contributed by atoms with E-state index in [2.05, 4.69) is 37.2 Å². The molecule has 1 aliphatic heterocycles. The third-order valence-electron chi connectivity index (χ3n) is 6.02. The Bertz CT molecular complexity index is 1160. The van der Waals surface area contributed by atoms with Gasteiger partial charge in [-0.25, -0.2) is 14.6 Å². The van der Waals surface area contributed by atoms with E-state index in [0.717, 1.165) is 65.9 Å². The summed E-state index contributed by atoms with van der Waals surface area (Å²) in [6, 6.07) is 7.59. The van der Waals surface area contributed by atoms with Crippen LogP contribution in [0.15, 0.2) is 24.3 Å². The molecule has 1 fully saturated rings. The van der Waals surface area contributed by atoms with E-state index < -0.39 is 0 Å². The fourth-order valence-electron chi connectivity index (χ4n) is 4.21. The number of rotatable bonds is 5. The molecule has 8 nitrogen and oxygen atoms in total. The van der Waals surface area contributed by atoms with Crippen LogP contribution in [-0.2, 0) is 11.2 Å². The SMILES string of the molecule is Cc1cc(C)nc(-n2nc(C)c(CC(=O)Nc3cc(Cl)ccc3N3CCN(C)CC3)c2C)n1. The van der Waals surface area contributed by atoms with E-state index in [9.17, 15) is 4.79 Å². The van der Waals surface area contributed by atoms with Gasteiger partial charge in [-0.05, 0) is 59.0 Å². The molecule has 174 valence electrons. The summed E-state index contributed by atoms with van der Waals surface area (Å²) >= 11 is 6.26. The number of piperazine rings is 1. The molecule has 1 aliphatic rings. The van der Waals surface area contributed by atoms with Crippen molar-refractivity contribution in [3.05, 3.63) is 57.6 Å². The maximum absolute atomic E-state index is 13.1. The molecule has 4 rings (SSSR count). The number of aromatic nitrogens is 4. The number of hydrogen-bond acceptors (Lipinski definition) is 6. The van der Waals surface area contributed by atoms with Gasteiger partial charge in [0.1, 0.15) is 0 Å². The van der Waals surface area contributed by atoms with E-state index >= 15 is 0 Å². The van der Waals surface area contributed by atoms with Gasteiger partial charge in [0.05, 0.1) is 23.5 Å². The summed E-state index contributed by atoms with van der Waals surface area (Å²) in [5, 5.41) is 8.29. The molecule has 0 spiro atoms. The number of nitrogens with zero attached hydrogens (tertiary/aromatic N) is 6. The smallest absolute Gasteiger partial charge is 0.251 e. The normalized spacial score (nSPS) is 14.5. The Labute approximate surface area is 199 Å². The molecule has 1 saturated heterocycles. The molecule has 1 aromatic carbocycles. The van der Waals surface area contributed by atoms with Crippen molar-refractivity contribution in [2.24, 2.45) is 0 Å². The van der Waals surface area contributed by atoms with Gasteiger partial charge in [-0.15, -0.1) is 0 Å². The minimum atomic E-state index is -0.111. The molecule has 0 atom stereocenters. The Morgan fingerprint density at radius 2 is 1.70 bits per heavy atom. The molecular formula is C24H30ClN7O. The standard InChI is InChI=1S/C24H30ClN7O/c1-15-12-16(2)27-24(26-15)32-18(4)20(17(3)29-32)14-23(33)28-21-13-19(25)6-7-22(21)31-10-8-30(5)9-11-31/h6-7,12-13H,8-11,14H2,1-5H3,(H,28,33). The van der Waals surface area contributed by atoms with Crippen molar-refractivity contribution < 1.29 is 4.79 Å². The van der Waals surface area contributed by atoms with Gasteiger partial charge in [-0.1, -0.05) is 11.6 Å². The Balaban J connectivity index is 1.55. The number of hydrogen-bond donors (Lipinski definition) is 1. The maximum atomic E-state index is 13.1. The molecule has 3 aromatic rings. The molecule has 1 amide bonds. The first-order valence-corrected chi connectivity index (χ1v) is 11.5. The number of amides is 1. The number of nitrogens with one attached hydrogen (secondary N) is 1. The highest BCUT2D eigenvalue weighted by molar-refractivity contribution is 6.31. The molecular weight excluding hydrogens is 438 g/mol. The van der Waals surface area contributed by atoms with Crippen molar-refractivity contribution >= 4 is 28.9 Å². The van der Waals surface area contributed by atoms with Gasteiger partial charge in [0.25, 0.3) is 5.95 Å². The van der Waals surface area contributed by atoms with Crippen LogP contribution in [0.25, 0.3) is 5.95 Å². The first-order valence-electron chi connectivity index (χ1n) is 11.1.